The second-order valence-electron chi connectivity index (χ2n) is 2.77. The Bertz CT molecular complexity index is 81.7. The number of nitrogens with zero attached hydrogens (tertiary/aromatic N) is 1. The third-order valence-electron chi connectivity index (χ3n) is 1.94. The minimum absolute atomic E-state index is 1.11. The van der Waals surface area contributed by atoms with E-state index in [1.54, 1.807) is 0 Å². The van der Waals surface area contributed by atoms with Crippen molar-refractivity contribution in [3.63, 3.8) is 0 Å². The molecule has 1 aliphatic heterocycles. The summed E-state index contributed by atoms with van der Waals surface area (Å²) in [7, 11) is 0. The summed E-state index contributed by atoms with van der Waals surface area (Å²) in [6.45, 7) is 3.88. The highest BCUT2D eigenvalue weighted by Gasteiger charge is 2.09. The first-order chi connectivity index (χ1) is 4.93. The second-order valence-corrected chi connectivity index (χ2v) is 3.51. The van der Waals surface area contributed by atoms with Gasteiger partial charge in [-0.15, -0.1) is 0 Å². The summed E-state index contributed by atoms with van der Waals surface area (Å²) < 4.78 is 0. The van der Waals surface area contributed by atoms with Gasteiger partial charge in [0.15, 0.2) is 0 Å². The molecule has 1 saturated heterocycles. The van der Waals surface area contributed by atoms with Gasteiger partial charge in [0.25, 0.3) is 0 Å². The fraction of sp³-hybridized carbons (Fsp3) is 1.00. The molecule has 0 spiro atoms. The first-order valence-electron chi connectivity index (χ1n) is 3.97. The van der Waals surface area contributed by atoms with E-state index in [2.05, 4.69) is 4.90 Å². The first-order valence-corrected chi connectivity index (χ1v) is 5.02. The SMILES string of the molecule is NSCCCN1CCCC1. The van der Waals surface area contributed by atoms with Crippen molar-refractivity contribution in [2.45, 2.75) is 19.3 Å². The van der Waals surface area contributed by atoms with Crippen LogP contribution in [0.2, 0.25) is 0 Å². The minimum atomic E-state index is 1.11. The molecule has 2 N–H and O–H groups in total. The maximum absolute atomic E-state index is 5.31. The quantitative estimate of drug-likeness (QED) is 0.493. The van der Waals surface area contributed by atoms with Crippen molar-refractivity contribution in [3.8, 4) is 0 Å². The Hall–Kier alpha value is 0.270. The van der Waals surface area contributed by atoms with Gasteiger partial charge in [-0.3, -0.25) is 5.14 Å². The molecule has 1 fully saturated rings. The van der Waals surface area contributed by atoms with Crippen LogP contribution in [0.4, 0.5) is 0 Å². The van der Waals surface area contributed by atoms with Crippen molar-refractivity contribution in [1.29, 1.82) is 0 Å². The fourth-order valence-electron chi connectivity index (χ4n) is 1.38. The van der Waals surface area contributed by atoms with Gasteiger partial charge in [0.1, 0.15) is 0 Å². The first kappa shape index (κ1) is 8.37. The maximum Gasteiger partial charge on any atom is 0.00886 e. The van der Waals surface area contributed by atoms with Crippen molar-refractivity contribution in [2.24, 2.45) is 5.14 Å². The van der Waals surface area contributed by atoms with E-state index in [9.17, 15) is 0 Å². The molecule has 0 amide bonds. The van der Waals surface area contributed by atoms with E-state index >= 15 is 0 Å². The van der Waals surface area contributed by atoms with E-state index in [0.717, 1.165) is 5.75 Å². The molecule has 0 aromatic carbocycles. The second kappa shape index (κ2) is 4.99. The number of likely N-dealkylation sites (tertiary alicyclic amines) is 1. The van der Waals surface area contributed by atoms with Gasteiger partial charge in [0.2, 0.25) is 0 Å². The summed E-state index contributed by atoms with van der Waals surface area (Å²) in [4.78, 5) is 2.52. The Morgan fingerprint density at radius 3 is 2.60 bits per heavy atom. The Morgan fingerprint density at radius 2 is 2.00 bits per heavy atom. The van der Waals surface area contributed by atoms with Crippen LogP contribution in [0.25, 0.3) is 0 Å². The monoisotopic (exact) mass is 160 g/mol. The largest absolute Gasteiger partial charge is 0.303 e. The molecule has 0 aliphatic carbocycles. The minimum Gasteiger partial charge on any atom is -0.303 e. The van der Waals surface area contributed by atoms with Crippen LogP contribution in [0.3, 0.4) is 0 Å². The summed E-state index contributed by atoms with van der Waals surface area (Å²) >= 11 is 1.46. The van der Waals surface area contributed by atoms with Crippen LogP contribution in [0.15, 0.2) is 0 Å². The van der Waals surface area contributed by atoms with E-state index in [1.165, 1.54) is 50.8 Å². The molecule has 0 unspecified atom stereocenters. The molecule has 0 aromatic heterocycles. The van der Waals surface area contributed by atoms with E-state index in [1.807, 2.05) is 0 Å². The molecule has 10 heavy (non-hydrogen) atoms. The number of rotatable bonds is 4. The summed E-state index contributed by atoms with van der Waals surface area (Å²) in [5.74, 6) is 1.11. The summed E-state index contributed by atoms with van der Waals surface area (Å²) in [5.41, 5.74) is 0. The van der Waals surface area contributed by atoms with Gasteiger partial charge < -0.3 is 4.90 Å². The molecule has 0 atom stereocenters. The summed E-state index contributed by atoms with van der Waals surface area (Å²) in [6, 6.07) is 0. The van der Waals surface area contributed by atoms with Crippen molar-refractivity contribution >= 4 is 11.9 Å². The number of hydrogen-bond donors (Lipinski definition) is 1. The lowest BCUT2D eigenvalue weighted by molar-refractivity contribution is 0.341. The van der Waals surface area contributed by atoms with Crippen molar-refractivity contribution in [2.75, 3.05) is 25.4 Å². The summed E-state index contributed by atoms with van der Waals surface area (Å²) in [6.07, 6.45) is 4.05. The van der Waals surface area contributed by atoms with Gasteiger partial charge in [-0.2, -0.15) is 0 Å². The van der Waals surface area contributed by atoms with Crippen LogP contribution in [0.5, 0.6) is 0 Å². The normalized spacial score (nSPS) is 20.1. The number of hydrogen-bond acceptors (Lipinski definition) is 3. The fourth-order valence-corrected chi connectivity index (χ4v) is 1.67. The highest BCUT2D eigenvalue weighted by molar-refractivity contribution is 7.97. The lowest BCUT2D eigenvalue weighted by Gasteiger charge is -2.12. The summed E-state index contributed by atoms with van der Waals surface area (Å²) in [5, 5.41) is 5.31. The highest BCUT2D eigenvalue weighted by atomic mass is 32.2. The predicted molar refractivity (Wildman–Crippen MR) is 46.9 cm³/mol. The van der Waals surface area contributed by atoms with E-state index < -0.39 is 0 Å². The lowest BCUT2D eigenvalue weighted by atomic mass is 10.4. The van der Waals surface area contributed by atoms with Crippen LogP contribution < -0.4 is 5.14 Å². The third kappa shape index (κ3) is 2.90. The molecule has 3 heteroatoms. The molecule has 2 nitrogen and oxygen atoms in total. The van der Waals surface area contributed by atoms with Gasteiger partial charge in [-0.25, -0.2) is 0 Å². The average molecular weight is 160 g/mol. The third-order valence-corrected chi connectivity index (χ3v) is 2.46. The van der Waals surface area contributed by atoms with Crippen LogP contribution >= 0.6 is 11.9 Å². The van der Waals surface area contributed by atoms with E-state index in [4.69, 9.17) is 5.14 Å². The molecule has 1 aliphatic rings. The van der Waals surface area contributed by atoms with Crippen LogP contribution in [0.1, 0.15) is 19.3 Å². The highest BCUT2D eigenvalue weighted by Crippen LogP contribution is 2.07. The van der Waals surface area contributed by atoms with Crippen LogP contribution in [-0.4, -0.2) is 30.3 Å². The van der Waals surface area contributed by atoms with Crippen molar-refractivity contribution < 1.29 is 0 Å². The Labute approximate surface area is 67.3 Å². The van der Waals surface area contributed by atoms with E-state index in [0.29, 0.717) is 0 Å². The molecule has 1 rings (SSSR count). The van der Waals surface area contributed by atoms with Gasteiger partial charge in [0.05, 0.1) is 0 Å². The standard InChI is InChI=1S/C7H16N2S/c8-10-7-3-6-9-4-1-2-5-9/h1-8H2. The van der Waals surface area contributed by atoms with Gasteiger partial charge in [0, 0.05) is 5.75 Å². The zero-order valence-corrected chi connectivity index (χ0v) is 7.20. The Morgan fingerprint density at radius 1 is 1.30 bits per heavy atom. The van der Waals surface area contributed by atoms with E-state index in [-0.39, 0.29) is 0 Å². The Kier molecular flexibility index (Phi) is 4.18. The molecule has 0 aromatic rings. The van der Waals surface area contributed by atoms with Crippen LogP contribution in [0, 0.1) is 0 Å². The zero-order valence-electron chi connectivity index (χ0n) is 6.38. The molecule has 0 bridgehead atoms. The number of nitrogens with two attached hydrogens (primary N) is 1. The lowest BCUT2D eigenvalue weighted by Crippen LogP contribution is -2.20. The molecule has 0 radical (unpaired) electrons. The van der Waals surface area contributed by atoms with Crippen molar-refractivity contribution in [1.82, 2.24) is 4.90 Å². The topological polar surface area (TPSA) is 29.3 Å². The van der Waals surface area contributed by atoms with Crippen molar-refractivity contribution in [3.05, 3.63) is 0 Å². The van der Waals surface area contributed by atoms with Gasteiger partial charge in [-0.05, 0) is 38.9 Å². The van der Waals surface area contributed by atoms with Crippen LogP contribution in [-0.2, 0) is 0 Å². The zero-order chi connectivity index (χ0) is 7.23. The molecule has 1 heterocycles. The molecular formula is C7H16N2S. The van der Waals surface area contributed by atoms with Gasteiger partial charge >= 0.3 is 0 Å². The molecular weight excluding hydrogens is 144 g/mol. The average Bonchev–Trinajstić information content (AvgIpc) is 2.41. The van der Waals surface area contributed by atoms with Gasteiger partial charge in [-0.1, -0.05) is 11.9 Å². The molecule has 60 valence electrons. The Balaban J connectivity index is 1.91. The smallest absolute Gasteiger partial charge is 0.00886 e. The maximum atomic E-state index is 5.31. The predicted octanol–water partition coefficient (Wildman–Crippen LogP) is 1.08. The molecule has 0 saturated carbocycles.